The number of ketones is 1. The molecule has 4 heteroatoms. The zero-order valence-corrected chi connectivity index (χ0v) is 13.6. The highest BCUT2D eigenvalue weighted by Gasteiger charge is 2.61. The Morgan fingerprint density at radius 2 is 1.71 bits per heavy atom. The van der Waals surface area contributed by atoms with Crippen LogP contribution in [0.15, 0.2) is 24.3 Å². The Balaban J connectivity index is 0.000000196. The molecule has 0 spiro atoms. The van der Waals surface area contributed by atoms with Crippen LogP contribution in [0.2, 0.25) is 5.02 Å². The van der Waals surface area contributed by atoms with Crippen LogP contribution in [0, 0.1) is 16.7 Å². The van der Waals surface area contributed by atoms with Gasteiger partial charge < -0.3 is 9.90 Å². The summed E-state index contributed by atoms with van der Waals surface area (Å²) in [7, 11) is 0. The van der Waals surface area contributed by atoms with E-state index in [1.807, 2.05) is 6.79 Å². The summed E-state index contributed by atoms with van der Waals surface area (Å²) in [5, 5.41) is 9.34. The molecule has 0 saturated heterocycles. The highest BCUT2D eigenvalue weighted by atomic mass is 35.5. The highest BCUT2D eigenvalue weighted by molar-refractivity contribution is 6.30. The number of hydrogen-bond donors (Lipinski definition) is 1. The molecule has 2 aliphatic rings. The molecule has 2 saturated carbocycles. The fourth-order valence-corrected chi connectivity index (χ4v) is 3.47. The average Bonchev–Trinajstić information content (AvgIpc) is 2.78. The second-order valence-corrected chi connectivity index (χ2v) is 6.83. The molecule has 0 amide bonds. The van der Waals surface area contributed by atoms with Gasteiger partial charge in [0.15, 0.2) is 0 Å². The lowest BCUT2D eigenvalue weighted by Gasteiger charge is -2.32. The van der Waals surface area contributed by atoms with Crippen LogP contribution >= 0.6 is 11.6 Å². The first-order valence-corrected chi connectivity index (χ1v) is 7.42. The summed E-state index contributed by atoms with van der Waals surface area (Å²) in [5.74, 6) is 1.44. The molecule has 0 aliphatic heterocycles. The molecule has 2 bridgehead atoms. The van der Waals surface area contributed by atoms with E-state index in [-0.39, 0.29) is 16.6 Å². The van der Waals surface area contributed by atoms with Gasteiger partial charge in [-0.05, 0) is 48.4 Å². The molecular formula is C17H23ClO3. The maximum atomic E-state index is 11.6. The SMILES string of the molecule is C=O.CC12CCC(CC1=O)C2(C)C.Oc1ccc(Cl)cc1. The van der Waals surface area contributed by atoms with Crippen molar-refractivity contribution in [2.75, 3.05) is 0 Å². The van der Waals surface area contributed by atoms with Crippen LogP contribution < -0.4 is 0 Å². The molecule has 0 aromatic heterocycles. The number of aromatic hydroxyl groups is 1. The van der Waals surface area contributed by atoms with Crippen LogP contribution in [-0.4, -0.2) is 17.7 Å². The predicted octanol–water partition coefficient (Wildman–Crippen LogP) is 4.26. The van der Waals surface area contributed by atoms with Gasteiger partial charge in [-0.2, -0.15) is 0 Å². The van der Waals surface area contributed by atoms with Crippen molar-refractivity contribution in [2.45, 2.75) is 40.0 Å². The standard InChI is InChI=1S/C10H16O.C6H5ClO.CH2O/c1-9(2)7-4-5-10(9,3)8(11)6-7;7-5-1-3-6(8)4-2-5;1-2/h7H,4-6H2,1-3H3;1-4,8H;1H2. The molecule has 1 N–H and O–H groups in total. The highest BCUT2D eigenvalue weighted by Crippen LogP contribution is 2.63. The number of Topliss-reactive ketones (excluding diaryl/α,β-unsaturated/α-hetero) is 1. The van der Waals surface area contributed by atoms with Gasteiger partial charge in [-0.3, -0.25) is 4.79 Å². The Hall–Kier alpha value is -1.35. The van der Waals surface area contributed by atoms with Crippen molar-refractivity contribution in [1.82, 2.24) is 0 Å². The van der Waals surface area contributed by atoms with Gasteiger partial charge in [0.2, 0.25) is 0 Å². The lowest BCUT2D eigenvalue weighted by Crippen LogP contribution is -2.32. The number of benzene rings is 1. The zero-order chi connectivity index (χ0) is 16.3. The second kappa shape index (κ2) is 6.61. The van der Waals surface area contributed by atoms with Crippen LogP contribution in [0.3, 0.4) is 0 Å². The van der Waals surface area contributed by atoms with Crippen molar-refractivity contribution in [3.63, 3.8) is 0 Å². The van der Waals surface area contributed by atoms with E-state index < -0.39 is 0 Å². The van der Waals surface area contributed by atoms with Crippen molar-refractivity contribution < 1.29 is 14.7 Å². The summed E-state index contributed by atoms with van der Waals surface area (Å²) in [6.07, 6.45) is 3.25. The minimum atomic E-state index is 0.0255. The molecule has 1 aromatic carbocycles. The maximum Gasteiger partial charge on any atom is 0.139 e. The van der Waals surface area contributed by atoms with E-state index in [9.17, 15) is 4.79 Å². The molecule has 3 nitrogen and oxygen atoms in total. The van der Waals surface area contributed by atoms with E-state index in [4.69, 9.17) is 21.5 Å². The summed E-state index contributed by atoms with van der Waals surface area (Å²) < 4.78 is 0. The van der Waals surface area contributed by atoms with Crippen molar-refractivity contribution in [2.24, 2.45) is 16.7 Å². The lowest BCUT2D eigenvalue weighted by molar-refractivity contribution is -0.128. The molecule has 3 rings (SSSR count). The monoisotopic (exact) mass is 310 g/mol. The number of phenolic OH excluding ortho intramolecular Hbond substituents is 1. The maximum absolute atomic E-state index is 11.6. The van der Waals surface area contributed by atoms with Crippen LogP contribution in [0.4, 0.5) is 0 Å². The molecule has 2 fully saturated rings. The minimum absolute atomic E-state index is 0.0255. The first-order valence-electron chi connectivity index (χ1n) is 7.04. The van der Waals surface area contributed by atoms with Gasteiger partial charge >= 0.3 is 0 Å². The van der Waals surface area contributed by atoms with E-state index in [1.54, 1.807) is 24.3 Å². The molecule has 116 valence electrons. The fraction of sp³-hybridized carbons (Fsp3) is 0.529. The first kappa shape index (κ1) is 17.7. The Morgan fingerprint density at radius 3 is 1.95 bits per heavy atom. The molecule has 2 unspecified atom stereocenters. The number of fused-ring (bicyclic) bond motifs is 2. The molecule has 0 heterocycles. The normalized spacial score (nSPS) is 28.2. The quantitative estimate of drug-likeness (QED) is 0.779. The Morgan fingerprint density at radius 1 is 1.19 bits per heavy atom. The molecule has 2 aliphatic carbocycles. The lowest BCUT2D eigenvalue weighted by atomic mass is 9.70. The molecule has 1 aromatic rings. The Bertz CT molecular complexity index is 474. The zero-order valence-electron chi connectivity index (χ0n) is 12.9. The van der Waals surface area contributed by atoms with Crippen LogP contribution in [0.1, 0.15) is 40.0 Å². The first-order chi connectivity index (χ1) is 9.77. The van der Waals surface area contributed by atoms with Gasteiger partial charge in [0.25, 0.3) is 0 Å². The van der Waals surface area contributed by atoms with Gasteiger partial charge in [-0.1, -0.05) is 32.4 Å². The summed E-state index contributed by atoms with van der Waals surface area (Å²) >= 11 is 5.50. The summed E-state index contributed by atoms with van der Waals surface area (Å²) in [4.78, 5) is 19.6. The third-order valence-electron chi connectivity index (χ3n) is 5.31. The smallest absolute Gasteiger partial charge is 0.139 e. The summed E-state index contributed by atoms with van der Waals surface area (Å²) in [5.41, 5.74) is 0.307. The average molecular weight is 311 g/mol. The second-order valence-electron chi connectivity index (χ2n) is 6.39. The Labute approximate surface area is 131 Å². The van der Waals surface area contributed by atoms with Crippen molar-refractivity contribution in [3.8, 4) is 5.75 Å². The van der Waals surface area contributed by atoms with Gasteiger partial charge in [-0.25, -0.2) is 0 Å². The number of hydrogen-bond acceptors (Lipinski definition) is 3. The predicted molar refractivity (Wildman–Crippen MR) is 84.5 cm³/mol. The van der Waals surface area contributed by atoms with Crippen LogP contribution in [-0.2, 0) is 9.59 Å². The third-order valence-corrected chi connectivity index (χ3v) is 5.56. The van der Waals surface area contributed by atoms with E-state index in [0.29, 0.717) is 16.7 Å². The molecular weight excluding hydrogens is 288 g/mol. The van der Waals surface area contributed by atoms with E-state index in [2.05, 4.69) is 20.8 Å². The van der Waals surface area contributed by atoms with Crippen LogP contribution in [0.25, 0.3) is 0 Å². The van der Waals surface area contributed by atoms with Gasteiger partial charge in [0, 0.05) is 16.9 Å². The van der Waals surface area contributed by atoms with Crippen molar-refractivity contribution in [1.29, 1.82) is 0 Å². The van der Waals surface area contributed by atoms with E-state index in [1.165, 1.54) is 6.42 Å². The number of phenols is 1. The minimum Gasteiger partial charge on any atom is -0.508 e. The van der Waals surface area contributed by atoms with E-state index in [0.717, 1.165) is 12.8 Å². The molecule has 2 atom stereocenters. The largest absolute Gasteiger partial charge is 0.508 e. The van der Waals surface area contributed by atoms with Gasteiger partial charge in [0.05, 0.1) is 0 Å². The number of rotatable bonds is 0. The van der Waals surface area contributed by atoms with Gasteiger partial charge in [-0.15, -0.1) is 0 Å². The number of halogens is 1. The van der Waals surface area contributed by atoms with E-state index >= 15 is 0 Å². The van der Waals surface area contributed by atoms with Crippen molar-refractivity contribution >= 4 is 24.2 Å². The summed E-state index contributed by atoms with van der Waals surface area (Å²) in [6.45, 7) is 8.67. The van der Waals surface area contributed by atoms with Crippen molar-refractivity contribution in [3.05, 3.63) is 29.3 Å². The number of carbonyl (C=O) groups is 2. The number of carbonyl (C=O) groups excluding carboxylic acids is 2. The Kier molecular flexibility index (Phi) is 5.57. The van der Waals surface area contributed by atoms with Gasteiger partial charge in [0.1, 0.15) is 18.3 Å². The topological polar surface area (TPSA) is 54.4 Å². The molecule has 0 radical (unpaired) electrons. The third kappa shape index (κ3) is 3.29. The molecule has 21 heavy (non-hydrogen) atoms. The summed E-state index contributed by atoms with van der Waals surface area (Å²) in [6, 6.07) is 6.36. The van der Waals surface area contributed by atoms with Crippen LogP contribution in [0.5, 0.6) is 5.75 Å². The fourth-order valence-electron chi connectivity index (χ4n) is 3.34.